The third-order valence-corrected chi connectivity index (χ3v) is 8.04. The predicted octanol–water partition coefficient (Wildman–Crippen LogP) is 5.64. The van der Waals surface area contributed by atoms with Crippen LogP contribution in [0.5, 0.6) is 0 Å². The number of nitrogens with zero attached hydrogens (tertiary/aromatic N) is 1. The number of amides is 2. The van der Waals surface area contributed by atoms with E-state index in [1.54, 1.807) is 12.1 Å². The Morgan fingerprint density at radius 2 is 1.68 bits per heavy atom. The van der Waals surface area contributed by atoms with Gasteiger partial charge in [-0.25, -0.2) is 0 Å². The van der Waals surface area contributed by atoms with Gasteiger partial charge in [0.05, 0.1) is 9.21 Å². The third-order valence-electron chi connectivity index (χ3n) is 6.81. The zero-order valence-corrected chi connectivity index (χ0v) is 20.5. The van der Waals surface area contributed by atoms with Crippen LogP contribution in [0.3, 0.4) is 0 Å². The molecule has 2 amide bonds. The molecule has 1 aliphatic heterocycles. The molecule has 2 fully saturated rings. The summed E-state index contributed by atoms with van der Waals surface area (Å²) in [5.74, 6) is -0.609. The van der Waals surface area contributed by atoms with Crippen molar-refractivity contribution in [3.05, 3.63) is 87.1 Å². The minimum absolute atomic E-state index is 0.273. The quantitative estimate of drug-likeness (QED) is 0.427. The number of rotatable bonds is 8. The smallest absolute Gasteiger partial charge is 0.262 e. The van der Waals surface area contributed by atoms with Gasteiger partial charge in [0, 0.05) is 17.6 Å². The van der Waals surface area contributed by atoms with Crippen molar-refractivity contribution in [1.82, 2.24) is 10.2 Å². The maximum atomic E-state index is 13.3. The molecule has 5 rings (SSSR count). The third kappa shape index (κ3) is 5.19. The molecule has 2 N–H and O–H groups in total. The molecule has 1 saturated heterocycles. The molecule has 1 aromatic heterocycles. The molecule has 7 heteroatoms. The molecule has 3 aromatic rings. The van der Waals surface area contributed by atoms with Crippen LogP contribution >= 0.6 is 22.9 Å². The van der Waals surface area contributed by atoms with E-state index in [1.807, 2.05) is 42.5 Å². The maximum absolute atomic E-state index is 13.3. The standard InChI is InChI=1S/C27H28ClN3O2S/c28-23-13-12-22(34-23)25(32)30-24(19-6-2-1-3-7-19)26(33)29-21-10-8-20(9-11-21)27(14-15-27)18-31-16-4-5-17-31/h1-3,6-13,24H,4-5,14-18H2,(H,29,33)(H,30,32). The average molecular weight is 494 g/mol. The highest BCUT2D eigenvalue weighted by atomic mass is 35.5. The van der Waals surface area contributed by atoms with Gasteiger partial charge < -0.3 is 15.5 Å². The van der Waals surface area contributed by atoms with Crippen LogP contribution in [0.15, 0.2) is 66.7 Å². The van der Waals surface area contributed by atoms with Gasteiger partial charge in [-0.1, -0.05) is 54.1 Å². The van der Waals surface area contributed by atoms with Crippen LogP contribution in [-0.2, 0) is 10.2 Å². The second-order valence-corrected chi connectivity index (χ2v) is 11.0. The monoisotopic (exact) mass is 493 g/mol. The van der Waals surface area contributed by atoms with E-state index in [0.717, 1.165) is 17.8 Å². The zero-order valence-electron chi connectivity index (χ0n) is 18.9. The number of carbonyl (C=O) groups excluding carboxylic acids is 2. The molecule has 1 atom stereocenters. The zero-order chi connectivity index (χ0) is 23.5. The number of anilines is 1. The molecule has 0 bridgehead atoms. The molecule has 0 radical (unpaired) electrons. The number of hydrogen-bond donors (Lipinski definition) is 2. The van der Waals surface area contributed by atoms with Crippen molar-refractivity contribution in [1.29, 1.82) is 0 Å². The number of nitrogens with one attached hydrogen (secondary N) is 2. The largest absolute Gasteiger partial charge is 0.336 e. The minimum Gasteiger partial charge on any atom is -0.336 e. The molecule has 176 valence electrons. The summed E-state index contributed by atoms with van der Waals surface area (Å²) in [6, 6.07) is 20.0. The molecule has 5 nitrogen and oxygen atoms in total. The fraction of sp³-hybridized carbons (Fsp3) is 0.333. The highest BCUT2D eigenvalue weighted by molar-refractivity contribution is 7.18. The van der Waals surface area contributed by atoms with Gasteiger partial charge in [-0.15, -0.1) is 11.3 Å². The van der Waals surface area contributed by atoms with Crippen molar-refractivity contribution >= 4 is 40.4 Å². The van der Waals surface area contributed by atoms with Gasteiger partial charge in [0.1, 0.15) is 6.04 Å². The summed E-state index contributed by atoms with van der Waals surface area (Å²) in [6.45, 7) is 3.55. The van der Waals surface area contributed by atoms with Gasteiger partial charge in [-0.2, -0.15) is 0 Å². The summed E-state index contributed by atoms with van der Waals surface area (Å²) < 4.78 is 0.532. The van der Waals surface area contributed by atoms with E-state index >= 15 is 0 Å². The van der Waals surface area contributed by atoms with E-state index in [1.165, 1.54) is 55.7 Å². The predicted molar refractivity (Wildman–Crippen MR) is 138 cm³/mol. The first-order valence-electron chi connectivity index (χ1n) is 11.8. The van der Waals surface area contributed by atoms with E-state index in [4.69, 9.17) is 11.6 Å². The average Bonchev–Trinajstić information content (AvgIpc) is 3.21. The van der Waals surface area contributed by atoms with Gasteiger partial charge in [0.2, 0.25) is 0 Å². The summed E-state index contributed by atoms with van der Waals surface area (Å²) in [4.78, 5) is 29.1. The molecular weight excluding hydrogens is 466 g/mol. The van der Waals surface area contributed by atoms with E-state index in [0.29, 0.717) is 9.21 Å². The van der Waals surface area contributed by atoms with E-state index in [2.05, 4.69) is 27.7 Å². The molecule has 1 aliphatic carbocycles. The van der Waals surface area contributed by atoms with Crippen molar-refractivity contribution < 1.29 is 9.59 Å². The Kier molecular flexibility index (Phi) is 6.73. The normalized spacial score (nSPS) is 17.8. The Bertz CT molecular complexity index is 1150. The summed E-state index contributed by atoms with van der Waals surface area (Å²) in [5.41, 5.74) is 3.06. The van der Waals surface area contributed by atoms with Crippen molar-refractivity contribution in [2.24, 2.45) is 0 Å². The minimum atomic E-state index is -0.820. The lowest BCUT2D eigenvalue weighted by Gasteiger charge is -2.24. The Morgan fingerprint density at radius 3 is 2.29 bits per heavy atom. The second kappa shape index (κ2) is 9.90. The van der Waals surface area contributed by atoms with Crippen LogP contribution in [0, 0.1) is 0 Å². The van der Waals surface area contributed by atoms with Gasteiger partial charge in [-0.05, 0) is 74.2 Å². The van der Waals surface area contributed by atoms with Crippen LogP contribution < -0.4 is 10.6 Å². The first-order valence-corrected chi connectivity index (χ1v) is 13.0. The van der Waals surface area contributed by atoms with Gasteiger partial charge in [-0.3, -0.25) is 9.59 Å². The Labute approximate surface area is 209 Å². The Hall–Kier alpha value is -2.67. The molecule has 34 heavy (non-hydrogen) atoms. The highest BCUT2D eigenvalue weighted by Gasteiger charge is 2.45. The lowest BCUT2D eigenvalue weighted by molar-refractivity contribution is -0.118. The fourth-order valence-electron chi connectivity index (χ4n) is 4.76. The number of likely N-dealkylation sites (tertiary alicyclic amines) is 1. The van der Waals surface area contributed by atoms with E-state index in [9.17, 15) is 9.59 Å². The molecule has 1 unspecified atom stereocenters. The lowest BCUT2D eigenvalue weighted by atomic mass is 9.95. The molecule has 1 saturated carbocycles. The highest BCUT2D eigenvalue weighted by Crippen LogP contribution is 2.49. The molecular formula is C27H28ClN3O2S. The second-order valence-electron chi connectivity index (χ2n) is 9.25. The van der Waals surface area contributed by atoms with Crippen LogP contribution in [0.25, 0.3) is 0 Å². The van der Waals surface area contributed by atoms with Crippen LogP contribution in [0.1, 0.15) is 52.5 Å². The molecule has 2 aliphatic rings. The number of halogens is 1. The number of thiophene rings is 1. The number of carbonyl (C=O) groups is 2. The van der Waals surface area contributed by atoms with Crippen LogP contribution in [0.2, 0.25) is 4.34 Å². The Morgan fingerprint density at radius 1 is 0.971 bits per heavy atom. The molecule has 2 heterocycles. The van der Waals surface area contributed by atoms with Crippen molar-refractivity contribution in [2.75, 3.05) is 25.0 Å². The summed E-state index contributed by atoms with van der Waals surface area (Å²) in [7, 11) is 0. The van der Waals surface area contributed by atoms with Gasteiger partial charge in [0.15, 0.2) is 0 Å². The van der Waals surface area contributed by atoms with E-state index in [-0.39, 0.29) is 17.2 Å². The summed E-state index contributed by atoms with van der Waals surface area (Å²) >= 11 is 7.17. The fourth-order valence-corrected chi connectivity index (χ4v) is 5.71. The van der Waals surface area contributed by atoms with Gasteiger partial charge >= 0.3 is 0 Å². The SMILES string of the molecule is O=C(NC(C(=O)Nc1ccc(C2(CN3CCCC3)CC2)cc1)c1ccccc1)c1ccc(Cl)s1. The number of benzene rings is 2. The van der Waals surface area contributed by atoms with Crippen molar-refractivity contribution in [3.8, 4) is 0 Å². The summed E-state index contributed by atoms with van der Waals surface area (Å²) in [5, 5.41) is 5.85. The van der Waals surface area contributed by atoms with Crippen LogP contribution in [-0.4, -0.2) is 36.3 Å². The van der Waals surface area contributed by atoms with Crippen molar-refractivity contribution in [2.45, 2.75) is 37.1 Å². The maximum Gasteiger partial charge on any atom is 0.262 e. The topological polar surface area (TPSA) is 61.4 Å². The first kappa shape index (κ1) is 23.1. The molecule has 2 aromatic carbocycles. The summed E-state index contributed by atoms with van der Waals surface area (Å²) in [6.07, 6.45) is 5.06. The van der Waals surface area contributed by atoms with E-state index < -0.39 is 6.04 Å². The molecule has 0 spiro atoms. The lowest BCUT2D eigenvalue weighted by Crippen LogP contribution is -2.36. The van der Waals surface area contributed by atoms with Crippen LogP contribution in [0.4, 0.5) is 5.69 Å². The van der Waals surface area contributed by atoms with Gasteiger partial charge in [0.25, 0.3) is 11.8 Å². The Balaban J connectivity index is 1.28. The van der Waals surface area contributed by atoms with Crippen molar-refractivity contribution in [3.63, 3.8) is 0 Å². The first-order chi connectivity index (χ1) is 16.5. The number of hydrogen-bond acceptors (Lipinski definition) is 4.